The second-order valence-electron chi connectivity index (χ2n) is 6.51. The molecular formula is C20H24ClN3O5S. The quantitative estimate of drug-likeness (QED) is 0.489. The van der Waals surface area contributed by atoms with Crippen LogP contribution in [0.1, 0.15) is 18.1 Å². The molecule has 0 heterocycles. The van der Waals surface area contributed by atoms with Crippen LogP contribution in [0.15, 0.2) is 41.5 Å². The number of benzene rings is 2. The lowest BCUT2D eigenvalue weighted by atomic mass is 10.1. The highest BCUT2D eigenvalue weighted by Gasteiger charge is 2.21. The van der Waals surface area contributed by atoms with Crippen molar-refractivity contribution in [3.8, 4) is 11.5 Å². The maximum atomic E-state index is 12.4. The fourth-order valence-electron chi connectivity index (χ4n) is 2.57. The van der Waals surface area contributed by atoms with Crippen molar-refractivity contribution >= 4 is 38.9 Å². The molecule has 162 valence electrons. The van der Waals surface area contributed by atoms with Crippen LogP contribution < -0.4 is 19.2 Å². The summed E-state index contributed by atoms with van der Waals surface area (Å²) in [7, 11) is -0.659. The molecule has 8 nitrogen and oxygen atoms in total. The summed E-state index contributed by atoms with van der Waals surface area (Å²) in [5.41, 5.74) is 4.69. The number of amides is 1. The molecule has 0 radical (unpaired) electrons. The largest absolute Gasteiger partial charge is 0.493 e. The number of hydrazone groups is 1. The molecule has 30 heavy (non-hydrogen) atoms. The summed E-state index contributed by atoms with van der Waals surface area (Å²) < 4.78 is 35.8. The maximum absolute atomic E-state index is 12.4. The van der Waals surface area contributed by atoms with Gasteiger partial charge in [0.25, 0.3) is 5.91 Å². The van der Waals surface area contributed by atoms with Gasteiger partial charge in [-0.05, 0) is 49.7 Å². The lowest BCUT2D eigenvalue weighted by Gasteiger charge is -2.22. The lowest BCUT2D eigenvalue weighted by molar-refractivity contribution is -0.119. The zero-order valence-corrected chi connectivity index (χ0v) is 19.0. The number of nitrogens with one attached hydrogen (secondary N) is 1. The minimum absolute atomic E-state index is 0.295. The van der Waals surface area contributed by atoms with Gasteiger partial charge in [0.15, 0.2) is 11.5 Å². The lowest BCUT2D eigenvalue weighted by Crippen LogP contribution is -2.39. The Balaban J connectivity index is 2.18. The summed E-state index contributed by atoms with van der Waals surface area (Å²) in [6, 6.07) is 10.00. The van der Waals surface area contributed by atoms with Gasteiger partial charge < -0.3 is 9.47 Å². The van der Waals surface area contributed by atoms with E-state index in [-0.39, 0.29) is 0 Å². The van der Waals surface area contributed by atoms with Crippen LogP contribution in [-0.4, -0.2) is 47.1 Å². The zero-order valence-electron chi connectivity index (χ0n) is 17.4. The van der Waals surface area contributed by atoms with Gasteiger partial charge in [0.2, 0.25) is 10.0 Å². The first-order chi connectivity index (χ1) is 14.1. The highest BCUT2D eigenvalue weighted by molar-refractivity contribution is 7.92. The van der Waals surface area contributed by atoms with Crippen molar-refractivity contribution in [2.45, 2.75) is 13.8 Å². The second-order valence-corrected chi connectivity index (χ2v) is 8.82. The molecular weight excluding hydrogens is 430 g/mol. The number of sulfonamides is 1. The predicted molar refractivity (Wildman–Crippen MR) is 118 cm³/mol. The molecule has 2 rings (SSSR count). The Hall–Kier alpha value is -2.78. The van der Waals surface area contributed by atoms with Gasteiger partial charge in [-0.15, -0.1) is 0 Å². The number of carbonyl (C=O) groups is 1. The molecule has 1 N–H and O–H groups in total. The van der Waals surface area contributed by atoms with Crippen LogP contribution in [0.25, 0.3) is 0 Å². The number of hydrogen-bond donors (Lipinski definition) is 1. The summed E-state index contributed by atoms with van der Waals surface area (Å²) >= 11 is 6.10. The number of nitrogens with zero attached hydrogens (tertiary/aromatic N) is 2. The van der Waals surface area contributed by atoms with E-state index in [1.54, 1.807) is 44.2 Å². The van der Waals surface area contributed by atoms with E-state index in [1.807, 2.05) is 0 Å². The normalized spacial score (nSPS) is 11.7. The van der Waals surface area contributed by atoms with Crippen LogP contribution in [0.5, 0.6) is 11.5 Å². The van der Waals surface area contributed by atoms with E-state index < -0.39 is 22.5 Å². The number of methoxy groups -OCH3 is 2. The molecule has 0 aliphatic heterocycles. The van der Waals surface area contributed by atoms with E-state index >= 15 is 0 Å². The van der Waals surface area contributed by atoms with Crippen molar-refractivity contribution in [2.75, 3.05) is 31.3 Å². The average molecular weight is 454 g/mol. The van der Waals surface area contributed by atoms with E-state index in [1.165, 1.54) is 20.3 Å². The third kappa shape index (κ3) is 5.87. The van der Waals surface area contributed by atoms with Crippen molar-refractivity contribution in [1.29, 1.82) is 0 Å². The molecule has 2 aromatic carbocycles. The van der Waals surface area contributed by atoms with Gasteiger partial charge in [-0.3, -0.25) is 9.10 Å². The molecule has 0 saturated carbocycles. The Labute approximate surface area is 181 Å². The predicted octanol–water partition coefficient (Wildman–Crippen LogP) is 2.97. The summed E-state index contributed by atoms with van der Waals surface area (Å²) in [5, 5.41) is 4.47. The number of anilines is 1. The third-order valence-corrected chi connectivity index (χ3v) is 5.83. The summed E-state index contributed by atoms with van der Waals surface area (Å²) in [6.45, 7) is 3.06. The van der Waals surface area contributed by atoms with Gasteiger partial charge in [0.1, 0.15) is 6.54 Å². The molecule has 2 aromatic rings. The van der Waals surface area contributed by atoms with E-state index in [0.717, 1.165) is 16.1 Å². The Bertz CT molecular complexity index is 1070. The molecule has 0 fully saturated rings. The van der Waals surface area contributed by atoms with Crippen molar-refractivity contribution < 1.29 is 22.7 Å². The SMILES string of the molecule is COc1ccc(/C(C)=N\NC(=O)CN(c2ccc(C)c(Cl)c2)S(C)(=O)=O)cc1OC. The minimum atomic E-state index is -3.72. The molecule has 0 spiro atoms. The van der Waals surface area contributed by atoms with Crippen molar-refractivity contribution in [1.82, 2.24) is 5.43 Å². The van der Waals surface area contributed by atoms with Gasteiger partial charge in [0.05, 0.1) is 31.9 Å². The van der Waals surface area contributed by atoms with Crippen LogP contribution >= 0.6 is 11.6 Å². The van der Waals surface area contributed by atoms with Crippen LogP contribution in [0.3, 0.4) is 0 Å². The smallest absolute Gasteiger partial charge is 0.260 e. The van der Waals surface area contributed by atoms with Gasteiger partial charge in [-0.2, -0.15) is 5.10 Å². The van der Waals surface area contributed by atoms with Gasteiger partial charge in [-0.25, -0.2) is 13.8 Å². The molecule has 0 aliphatic carbocycles. The fraction of sp³-hybridized carbons (Fsp3) is 0.300. The van der Waals surface area contributed by atoms with Crippen molar-refractivity contribution in [3.05, 3.63) is 52.5 Å². The number of carbonyl (C=O) groups excluding carboxylic acids is 1. The standard InChI is InChI=1S/C20H24ClN3O5S/c1-13-6-8-16(11-17(13)21)24(30(5,26)27)12-20(25)23-22-14(2)15-7-9-18(28-3)19(10-15)29-4/h6-11H,12H2,1-5H3,(H,23,25)/b22-14-. The first kappa shape index (κ1) is 23.5. The monoisotopic (exact) mass is 453 g/mol. The molecule has 10 heteroatoms. The van der Waals surface area contributed by atoms with E-state index in [0.29, 0.717) is 33.5 Å². The zero-order chi connectivity index (χ0) is 22.5. The summed E-state index contributed by atoms with van der Waals surface area (Å²) in [5.74, 6) is 0.492. The van der Waals surface area contributed by atoms with E-state index in [2.05, 4.69) is 10.5 Å². The van der Waals surface area contributed by atoms with Crippen LogP contribution in [0, 0.1) is 6.92 Å². The van der Waals surface area contributed by atoms with Crippen molar-refractivity contribution in [2.24, 2.45) is 5.10 Å². The van der Waals surface area contributed by atoms with Gasteiger partial charge in [0, 0.05) is 10.6 Å². The first-order valence-electron chi connectivity index (χ1n) is 8.86. The minimum Gasteiger partial charge on any atom is -0.493 e. The molecule has 0 bridgehead atoms. The highest BCUT2D eigenvalue weighted by atomic mass is 35.5. The molecule has 0 unspecified atom stereocenters. The van der Waals surface area contributed by atoms with Gasteiger partial charge in [-0.1, -0.05) is 17.7 Å². The van der Waals surface area contributed by atoms with Crippen molar-refractivity contribution in [3.63, 3.8) is 0 Å². The van der Waals surface area contributed by atoms with Gasteiger partial charge >= 0.3 is 0 Å². The fourth-order valence-corrected chi connectivity index (χ4v) is 3.60. The molecule has 0 atom stereocenters. The van der Waals surface area contributed by atoms with Crippen LogP contribution in [0.4, 0.5) is 5.69 Å². The first-order valence-corrected chi connectivity index (χ1v) is 11.1. The summed E-state index contributed by atoms with van der Waals surface area (Å²) in [6.07, 6.45) is 1.02. The number of rotatable bonds is 8. The average Bonchev–Trinajstić information content (AvgIpc) is 2.70. The number of hydrogen-bond acceptors (Lipinski definition) is 6. The Morgan fingerprint density at radius 1 is 1.13 bits per heavy atom. The third-order valence-electron chi connectivity index (χ3n) is 4.28. The second kappa shape index (κ2) is 9.82. The summed E-state index contributed by atoms with van der Waals surface area (Å²) in [4.78, 5) is 12.4. The Kier molecular flexibility index (Phi) is 7.69. The molecule has 1 amide bonds. The van der Waals surface area contributed by atoms with E-state index in [9.17, 15) is 13.2 Å². The Morgan fingerprint density at radius 2 is 1.80 bits per heavy atom. The maximum Gasteiger partial charge on any atom is 0.260 e. The molecule has 0 aromatic heterocycles. The topological polar surface area (TPSA) is 97.3 Å². The van der Waals surface area contributed by atoms with Crippen LogP contribution in [-0.2, 0) is 14.8 Å². The Morgan fingerprint density at radius 3 is 2.37 bits per heavy atom. The van der Waals surface area contributed by atoms with E-state index in [4.69, 9.17) is 21.1 Å². The highest BCUT2D eigenvalue weighted by Crippen LogP contribution is 2.28. The number of aryl methyl sites for hydroxylation is 1. The van der Waals surface area contributed by atoms with Crippen LogP contribution in [0.2, 0.25) is 5.02 Å². The number of halogens is 1. The molecule has 0 aliphatic rings. The number of ether oxygens (including phenoxy) is 2. The molecule has 0 saturated heterocycles.